The fourth-order valence-corrected chi connectivity index (χ4v) is 4.08. The van der Waals surface area contributed by atoms with Crippen LogP contribution in [0.1, 0.15) is 79.6 Å². The summed E-state index contributed by atoms with van der Waals surface area (Å²) in [5, 5.41) is 12.3. The van der Waals surface area contributed by atoms with Crippen LogP contribution in [0.25, 0.3) is 0 Å². The molecule has 34 heavy (non-hydrogen) atoms. The molecule has 10 nitrogen and oxygen atoms in total. The molecule has 2 fully saturated rings. The highest BCUT2D eigenvalue weighted by Gasteiger charge is 2.41. The van der Waals surface area contributed by atoms with E-state index in [1.54, 1.807) is 20.8 Å². The third-order valence-electron chi connectivity index (χ3n) is 5.95. The summed E-state index contributed by atoms with van der Waals surface area (Å²) in [6.07, 6.45) is 2.82. The summed E-state index contributed by atoms with van der Waals surface area (Å²) in [5.74, 6) is -3.21. The van der Waals surface area contributed by atoms with Crippen molar-refractivity contribution in [3.8, 4) is 0 Å². The van der Waals surface area contributed by atoms with E-state index in [2.05, 4.69) is 10.8 Å². The number of hydrogen-bond donors (Lipinski definition) is 3. The van der Waals surface area contributed by atoms with Crippen molar-refractivity contribution in [2.75, 3.05) is 13.2 Å². The molecule has 2 heterocycles. The molecule has 0 aromatic carbocycles. The minimum Gasteiger partial charge on any atom is -0.480 e. The summed E-state index contributed by atoms with van der Waals surface area (Å²) >= 11 is 0. The topological polar surface area (TPSA) is 132 Å². The Balaban J connectivity index is 2.22. The lowest BCUT2D eigenvalue weighted by Gasteiger charge is -2.34. The van der Waals surface area contributed by atoms with Crippen LogP contribution in [-0.4, -0.2) is 60.8 Å². The van der Waals surface area contributed by atoms with Crippen LogP contribution in [0.2, 0.25) is 0 Å². The van der Waals surface area contributed by atoms with E-state index in [0.29, 0.717) is 32.5 Å². The number of ether oxygens (including phenoxy) is 3. The van der Waals surface area contributed by atoms with Gasteiger partial charge in [-0.3, -0.25) is 9.59 Å². The third-order valence-corrected chi connectivity index (χ3v) is 5.95. The van der Waals surface area contributed by atoms with Crippen molar-refractivity contribution in [3.63, 3.8) is 0 Å². The first kappa shape index (κ1) is 28.5. The van der Waals surface area contributed by atoms with Gasteiger partial charge in [0.15, 0.2) is 18.7 Å². The van der Waals surface area contributed by atoms with Gasteiger partial charge >= 0.3 is 5.97 Å². The highest BCUT2D eigenvalue weighted by Crippen LogP contribution is 2.26. The van der Waals surface area contributed by atoms with Crippen molar-refractivity contribution in [2.24, 2.45) is 17.3 Å². The average molecular weight is 487 g/mol. The first-order valence-electron chi connectivity index (χ1n) is 12.4. The zero-order valence-corrected chi connectivity index (χ0v) is 21.1. The van der Waals surface area contributed by atoms with E-state index in [4.69, 9.17) is 19.0 Å². The first-order chi connectivity index (χ1) is 16.0. The third kappa shape index (κ3) is 9.13. The van der Waals surface area contributed by atoms with Crippen molar-refractivity contribution in [1.82, 2.24) is 10.8 Å². The molecule has 2 amide bonds. The van der Waals surface area contributed by atoms with Crippen molar-refractivity contribution in [2.45, 2.75) is 104 Å². The molecule has 0 bridgehead atoms. The standard InChI is InChI=1S/C24H42N2O8/c1-15(2)14-16(21(27)25-20(23(29)30)24(3,4)5)19(33-17-10-6-8-12-31-17)22(28)26-34-18-11-7-9-13-32-18/h15-20H,6-14H2,1-5H3,(H,25,27)(H,26,28)(H,29,30)/t16-,17?,18?,19+,20-/m1/s1. The molecule has 2 rings (SSSR count). The van der Waals surface area contributed by atoms with Crippen molar-refractivity contribution in [3.05, 3.63) is 0 Å². The second-order valence-corrected chi connectivity index (χ2v) is 10.6. The van der Waals surface area contributed by atoms with E-state index >= 15 is 0 Å². The van der Waals surface area contributed by atoms with Gasteiger partial charge in [-0.2, -0.15) is 0 Å². The van der Waals surface area contributed by atoms with Gasteiger partial charge in [-0.25, -0.2) is 15.1 Å². The molecule has 10 heteroatoms. The molecule has 5 atom stereocenters. The van der Waals surface area contributed by atoms with Crippen molar-refractivity contribution >= 4 is 17.8 Å². The normalized spacial score (nSPS) is 24.2. The molecule has 0 aliphatic carbocycles. The van der Waals surface area contributed by atoms with Crippen LogP contribution in [0.5, 0.6) is 0 Å². The van der Waals surface area contributed by atoms with E-state index in [9.17, 15) is 19.5 Å². The predicted octanol–water partition coefficient (Wildman–Crippen LogP) is 2.75. The van der Waals surface area contributed by atoms with E-state index < -0.39 is 53.8 Å². The summed E-state index contributed by atoms with van der Waals surface area (Å²) in [6, 6.07) is -1.13. The van der Waals surface area contributed by atoms with Crippen LogP contribution in [0, 0.1) is 17.3 Å². The lowest BCUT2D eigenvalue weighted by molar-refractivity contribution is -0.223. The number of rotatable bonds is 11. The van der Waals surface area contributed by atoms with Gasteiger partial charge in [0, 0.05) is 19.6 Å². The quantitative estimate of drug-likeness (QED) is 0.380. The second kappa shape index (κ2) is 13.4. The van der Waals surface area contributed by atoms with Gasteiger partial charge in [0.25, 0.3) is 5.91 Å². The Hall–Kier alpha value is -1.75. The maximum atomic E-state index is 13.4. The molecule has 0 aromatic rings. The Morgan fingerprint density at radius 2 is 1.56 bits per heavy atom. The smallest absolute Gasteiger partial charge is 0.326 e. The predicted molar refractivity (Wildman–Crippen MR) is 123 cm³/mol. The minimum atomic E-state index is -1.22. The van der Waals surface area contributed by atoms with Gasteiger partial charge in [0.1, 0.15) is 6.04 Å². The van der Waals surface area contributed by atoms with Gasteiger partial charge in [0.05, 0.1) is 5.92 Å². The summed E-state index contributed by atoms with van der Waals surface area (Å²) in [5.41, 5.74) is 1.69. The van der Waals surface area contributed by atoms with Crippen LogP contribution in [0.15, 0.2) is 0 Å². The fraction of sp³-hybridized carbons (Fsp3) is 0.875. The second-order valence-electron chi connectivity index (χ2n) is 10.6. The summed E-state index contributed by atoms with van der Waals surface area (Å²) in [4.78, 5) is 43.9. The molecule has 2 saturated heterocycles. The Bertz CT molecular complexity index is 666. The van der Waals surface area contributed by atoms with E-state index in [1.165, 1.54) is 0 Å². The molecule has 0 spiro atoms. The zero-order valence-electron chi connectivity index (χ0n) is 21.1. The fourth-order valence-electron chi connectivity index (χ4n) is 4.08. The van der Waals surface area contributed by atoms with Crippen LogP contribution in [-0.2, 0) is 33.4 Å². The zero-order chi connectivity index (χ0) is 25.3. The van der Waals surface area contributed by atoms with Gasteiger partial charge in [0.2, 0.25) is 5.91 Å². The number of amides is 2. The summed E-state index contributed by atoms with van der Waals surface area (Å²) < 4.78 is 17.2. The Morgan fingerprint density at radius 3 is 2.03 bits per heavy atom. The molecule has 2 unspecified atom stereocenters. The van der Waals surface area contributed by atoms with Crippen LogP contribution in [0.4, 0.5) is 0 Å². The maximum Gasteiger partial charge on any atom is 0.326 e. The molecule has 0 saturated carbocycles. The highest BCUT2D eigenvalue weighted by atomic mass is 16.8. The lowest BCUT2D eigenvalue weighted by atomic mass is 9.85. The van der Waals surface area contributed by atoms with Crippen LogP contribution < -0.4 is 10.8 Å². The molecular weight excluding hydrogens is 444 g/mol. The van der Waals surface area contributed by atoms with E-state index in [-0.39, 0.29) is 5.92 Å². The lowest BCUT2D eigenvalue weighted by Crippen LogP contribution is -2.55. The molecular formula is C24H42N2O8. The Labute approximate surface area is 202 Å². The minimum absolute atomic E-state index is 0.0439. The Kier molecular flexibility index (Phi) is 11.2. The van der Waals surface area contributed by atoms with Gasteiger partial charge in [-0.15, -0.1) is 0 Å². The van der Waals surface area contributed by atoms with Gasteiger partial charge < -0.3 is 24.6 Å². The molecule has 3 N–H and O–H groups in total. The van der Waals surface area contributed by atoms with E-state index in [0.717, 1.165) is 25.7 Å². The van der Waals surface area contributed by atoms with E-state index in [1.807, 2.05) is 13.8 Å². The van der Waals surface area contributed by atoms with Crippen LogP contribution >= 0.6 is 0 Å². The van der Waals surface area contributed by atoms with Crippen molar-refractivity contribution < 1.29 is 38.5 Å². The summed E-state index contributed by atoms with van der Waals surface area (Å²) in [6.45, 7) is 10.1. The number of nitrogens with one attached hydrogen (secondary N) is 2. The number of carbonyl (C=O) groups is 3. The SMILES string of the molecule is CC(C)C[C@@H](C(=O)N[C@H](C(=O)O)C(C)(C)C)[C@H](OC1CCCCO1)C(=O)NOC1CCCCO1. The first-order valence-corrected chi connectivity index (χ1v) is 12.4. The Morgan fingerprint density at radius 1 is 0.971 bits per heavy atom. The average Bonchev–Trinajstić information content (AvgIpc) is 2.78. The molecule has 0 radical (unpaired) electrons. The number of hydroxylamine groups is 1. The largest absolute Gasteiger partial charge is 0.480 e. The van der Waals surface area contributed by atoms with Gasteiger partial charge in [-0.05, 0) is 49.9 Å². The highest BCUT2D eigenvalue weighted by molar-refractivity contribution is 5.91. The summed E-state index contributed by atoms with van der Waals surface area (Å²) in [7, 11) is 0. The number of carboxylic acids is 1. The molecule has 2 aliphatic rings. The molecule has 196 valence electrons. The molecule has 0 aromatic heterocycles. The molecule has 2 aliphatic heterocycles. The maximum absolute atomic E-state index is 13.4. The number of aliphatic carboxylic acids is 1. The monoisotopic (exact) mass is 486 g/mol. The van der Waals surface area contributed by atoms with Crippen LogP contribution in [0.3, 0.4) is 0 Å². The van der Waals surface area contributed by atoms with Crippen molar-refractivity contribution in [1.29, 1.82) is 0 Å². The number of carbonyl (C=O) groups excluding carboxylic acids is 2. The van der Waals surface area contributed by atoms with Gasteiger partial charge in [-0.1, -0.05) is 34.6 Å². The number of carboxylic acid groups (broad SMARTS) is 1. The number of hydrogen-bond acceptors (Lipinski definition) is 7.